The van der Waals surface area contributed by atoms with Crippen molar-refractivity contribution in [1.29, 1.82) is 0 Å². The van der Waals surface area contributed by atoms with Crippen molar-refractivity contribution in [2.24, 2.45) is 0 Å². The zero-order valence-electron chi connectivity index (χ0n) is 21.0. The van der Waals surface area contributed by atoms with Crippen molar-refractivity contribution >= 4 is 29.3 Å². The molecule has 7 nitrogen and oxygen atoms in total. The van der Waals surface area contributed by atoms with Crippen molar-refractivity contribution < 1.29 is 9.59 Å². The van der Waals surface area contributed by atoms with Gasteiger partial charge in [-0.3, -0.25) is 14.2 Å². The minimum atomic E-state index is -0.232. The van der Waals surface area contributed by atoms with E-state index in [1.54, 1.807) is 30.3 Å². The summed E-state index contributed by atoms with van der Waals surface area (Å²) in [6, 6.07) is 15.3. The Morgan fingerprint density at radius 1 is 1.09 bits per heavy atom. The number of aromatic nitrogens is 3. The molecule has 0 fully saturated rings. The van der Waals surface area contributed by atoms with Crippen molar-refractivity contribution in [1.82, 2.24) is 20.1 Å². The summed E-state index contributed by atoms with van der Waals surface area (Å²) in [5.41, 5.74) is 3.16. The first-order valence-electron chi connectivity index (χ1n) is 11.6. The molecule has 0 bridgehead atoms. The molecule has 8 heteroatoms. The summed E-state index contributed by atoms with van der Waals surface area (Å²) in [6.07, 6.45) is 1.78. The van der Waals surface area contributed by atoms with E-state index in [-0.39, 0.29) is 29.0 Å². The number of anilines is 1. The summed E-state index contributed by atoms with van der Waals surface area (Å²) >= 11 is 1.29. The normalized spacial score (nSPS) is 11.4. The third kappa shape index (κ3) is 6.82. The quantitative estimate of drug-likeness (QED) is 0.313. The van der Waals surface area contributed by atoms with Gasteiger partial charge in [0.05, 0.1) is 17.0 Å². The first-order chi connectivity index (χ1) is 16.6. The molecule has 2 amide bonds. The predicted octanol–water partition coefficient (Wildman–Crippen LogP) is 5.30. The third-order valence-electron chi connectivity index (χ3n) is 5.24. The second-order valence-electron chi connectivity index (χ2n) is 9.54. The van der Waals surface area contributed by atoms with Gasteiger partial charge >= 0.3 is 0 Å². The van der Waals surface area contributed by atoms with E-state index >= 15 is 0 Å². The molecule has 2 N–H and O–H groups in total. The highest BCUT2D eigenvalue weighted by atomic mass is 32.2. The number of rotatable bonds is 9. The summed E-state index contributed by atoms with van der Waals surface area (Å²) < 4.78 is 1.95. The van der Waals surface area contributed by atoms with Gasteiger partial charge in [0, 0.05) is 18.2 Å². The number of benzene rings is 2. The van der Waals surface area contributed by atoms with E-state index in [1.807, 2.05) is 30.5 Å². The van der Waals surface area contributed by atoms with Gasteiger partial charge in [0.25, 0.3) is 5.91 Å². The van der Waals surface area contributed by atoms with Crippen molar-refractivity contribution in [3.8, 4) is 11.4 Å². The molecule has 2 aromatic carbocycles. The van der Waals surface area contributed by atoms with Gasteiger partial charge in [-0.25, -0.2) is 0 Å². The molecule has 0 saturated heterocycles. The van der Waals surface area contributed by atoms with Crippen LogP contribution >= 0.6 is 11.8 Å². The summed E-state index contributed by atoms with van der Waals surface area (Å²) in [7, 11) is 0. The van der Waals surface area contributed by atoms with Gasteiger partial charge in [0.2, 0.25) is 5.91 Å². The fourth-order valence-corrected chi connectivity index (χ4v) is 4.22. The van der Waals surface area contributed by atoms with Gasteiger partial charge in [-0.1, -0.05) is 75.0 Å². The number of amides is 2. The monoisotopic (exact) mass is 491 g/mol. The smallest absolute Gasteiger partial charge is 0.253 e. The van der Waals surface area contributed by atoms with E-state index in [0.717, 1.165) is 11.4 Å². The molecule has 0 radical (unpaired) electrons. The Balaban J connectivity index is 1.73. The standard InChI is InChI=1S/C27H33N5O2S/c1-7-16-32-24(19-12-14-20(15-13-19)27(4,5)6)30-31-26(32)35-17-23(33)29-22-11-9-8-10-21(22)25(34)28-18(2)3/h7-15,18H,1,16-17H2,2-6H3,(H,28,34)(H,29,33). The molecule has 0 unspecified atom stereocenters. The molecular weight excluding hydrogens is 458 g/mol. The summed E-state index contributed by atoms with van der Waals surface area (Å²) in [4.78, 5) is 25.2. The number of nitrogens with one attached hydrogen (secondary N) is 2. The van der Waals surface area contributed by atoms with Crippen LogP contribution in [0.2, 0.25) is 0 Å². The molecule has 35 heavy (non-hydrogen) atoms. The fraction of sp³-hybridized carbons (Fsp3) is 0.333. The van der Waals surface area contributed by atoms with Crippen LogP contribution in [0.4, 0.5) is 5.69 Å². The van der Waals surface area contributed by atoms with Crippen LogP contribution in [-0.4, -0.2) is 38.4 Å². The first kappa shape index (κ1) is 26.2. The number of carbonyl (C=O) groups is 2. The number of hydrogen-bond acceptors (Lipinski definition) is 5. The van der Waals surface area contributed by atoms with Crippen molar-refractivity contribution in [2.75, 3.05) is 11.1 Å². The lowest BCUT2D eigenvalue weighted by Gasteiger charge is -2.19. The van der Waals surface area contributed by atoms with Gasteiger partial charge in [0.1, 0.15) is 0 Å². The van der Waals surface area contributed by atoms with E-state index in [0.29, 0.717) is 23.0 Å². The highest BCUT2D eigenvalue weighted by molar-refractivity contribution is 7.99. The molecule has 0 atom stereocenters. The van der Waals surface area contributed by atoms with Crippen LogP contribution in [0.15, 0.2) is 66.3 Å². The maximum Gasteiger partial charge on any atom is 0.253 e. The van der Waals surface area contributed by atoms with Gasteiger partial charge in [-0.05, 0) is 37.0 Å². The Kier molecular flexibility index (Phi) is 8.51. The molecule has 0 saturated carbocycles. The first-order valence-corrected chi connectivity index (χ1v) is 12.6. The van der Waals surface area contributed by atoms with E-state index in [2.05, 4.69) is 60.3 Å². The van der Waals surface area contributed by atoms with Crippen LogP contribution in [0.25, 0.3) is 11.4 Å². The summed E-state index contributed by atoms with van der Waals surface area (Å²) in [6.45, 7) is 14.7. The van der Waals surface area contributed by atoms with E-state index in [4.69, 9.17) is 0 Å². The zero-order valence-corrected chi connectivity index (χ0v) is 21.8. The Morgan fingerprint density at radius 2 is 1.77 bits per heavy atom. The Morgan fingerprint density at radius 3 is 2.40 bits per heavy atom. The van der Waals surface area contributed by atoms with Crippen LogP contribution in [-0.2, 0) is 16.8 Å². The molecule has 0 aliphatic rings. The third-order valence-corrected chi connectivity index (χ3v) is 6.20. The van der Waals surface area contributed by atoms with Gasteiger partial charge in [-0.15, -0.1) is 16.8 Å². The Hall–Kier alpha value is -3.39. The molecule has 1 aromatic heterocycles. The maximum absolute atomic E-state index is 12.7. The number of hydrogen-bond donors (Lipinski definition) is 2. The van der Waals surface area contributed by atoms with Crippen LogP contribution in [0.5, 0.6) is 0 Å². The number of carbonyl (C=O) groups excluding carboxylic acids is 2. The molecule has 0 aliphatic carbocycles. The SMILES string of the molecule is C=CCn1c(SCC(=O)Nc2ccccc2C(=O)NC(C)C)nnc1-c1ccc(C(C)(C)C)cc1. The molecule has 0 spiro atoms. The van der Waals surface area contributed by atoms with Crippen LogP contribution in [0.3, 0.4) is 0 Å². The Labute approximate surface area is 211 Å². The van der Waals surface area contributed by atoms with Crippen molar-refractivity contribution in [3.05, 3.63) is 72.3 Å². The largest absolute Gasteiger partial charge is 0.350 e. The van der Waals surface area contributed by atoms with E-state index in [9.17, 15) is 9.59 Å². The number of para-hydroxylation sites is 1. The minimum Gasteiger partial charge on any atom is -0.350 e. The Bertz CT molecular complexity index is 1190. The molecular formula is C27H33N5O2S. The molecule has 184 valence electrons. The van der Waals surface area contributed by atoms with Gasteiger partial charge < -0.3 is 10.6 Å². The van der Waals surface area contributed by atoms with Gasteiger partial charge in [-0.2, -0.15) is 0 Å². The van der Waals surface area contributed by atoms with Crippen LogP contribution < -0.4 is 10.6 Å². The number of allylic oxidation sites excluding steroid dienone is 1. The highest BCUT2D eigenvalue weighted by Gasteiger charge is 2.18. The lowest BCUT2D eigenvalue weighted by Crippen LogP contribution is -2.31. The second-order valence-corrected chi connectivity index (χ2v) is 10.5. The number of nitrogens with zero attached hydrogens (tertiary/aromatic N) is 3. The van der Waals surface area contributed by atoms with Crippen molar-refractivity contribution in [3.63, 3.8) is 0 Å². The second kappa shape index (κ2) is 11.4. The average Bonchev–Trinajstić information content (AvgIpc) is 3.20. The topological polar surface area (TPSA) is 88.9 Å². The van der Waals surface area contributed by atoms with Crippen molar-refractivity contribution in [2.45, 2.75) is 57.8 Å². The summed E-state index contributed by atoms with van der Waals surface area (Å²) in [5, 5.41) is 15.0. The molecule has 3 rings (SSSR count). The van der Waals surface area contributed by atoms with E-state index < -0.39 is 0 Å². The minimum absolute atomic E-state index is 0.00287. The number of thioether (sulfide) groups is 1. The predicted molar refractivity (Wildman–Crippen MR) is 143 cm³/mol. The van der Waals surface area contributed by atoms with E-state index in [1.165, 1.54) is 17.3 Å². The zero-order chi connectivity index (χ0) is 25.6. The van der Waals surface area contributed by atoms with Gasteiger partial charge in [0.15, 0.2) is 11.0 Å². The molecule has 0 aliphatic heterocycles. The van der Waals surface area contributed by atoms with Crippen LogP contribution in [0, 0.1) is 0 Å². The summed E-state index contributed by atoms with van der Waals surface area (Å²) in [5.74, 6) is 0.391. The highest BCUT2D eigenvalue weighted by Crippen LogP contribution is 2.28. The lowest BCUT2D eigenvalue weighted by molar-refractivity contribution is -0.113. The average molecular weight is 492 g/mol. The van der Waals surface area contributed by atoms with Crippen LogP contribution in [0.1, 0.15) is 50.5 Å². The molecule has 3 aromatic rings. The fourth-order valence-electron chi connectivity index (χ4n) is 3.47. The molecule has 1 heterocycles. The lowest BCUT2D eigenvalue weighted by atomic mass is 9.87. The maximum atomic E-state index is 12.7.